The molecule has 0 bridgehead atoms. The fraction of sp³-hybridized carbons (Fsp3) is 0.303. The molecule has 2 saturated heterocycles. The minimum atomic E-state index is -0.921. The van der Waals surface area contributed by atoms with Crippen molar-refractivity contribution in [2.75, 3.05) is 38.7 Å². The van der Waals surface area contributed by atoms with Crippen molar-refractivity contribution in [2.24, 2.45) is 0 Å². The highest BCUT2D eigenvalue weighted by Gasteiger charge is 2.35. The van der Waals surface area contributed by atoms with Crippen LogP contribution in [0.3, 0.4) is 0 Å². The summed E-state index contributed by atoms with van der Waals surface area (Å²) in [5.41, 5.74) is 6.44. The third-order valence-corrected chi connectivity index (χ3v) is 8.78. The van der Waals surface area contributed by atoms with E-state index in [-0.39, 0.29) is 38.0 Å². The van der Waals surface area contributed by atoms with Crippen molar-refractivity contribution in [3.8, 4) is 28.3 Å². The number of carbonyl (C=O) groups is 1. The molecule has 0 aliphatic carbocycles. The van der Waals surface area contributed by atoms with Gasteiger partial charge >= 0.3 is 0 Å². The van der Waals surface area contributed by atoms with Crippen molar-refractivity contribution in [3.05, 3.63) is 87.8 Å². The fourth-order valence-electron chi connectivity index (χ4n) is 5.41. The number of pyridine rings is 2. The van der Waals surface area contributed by atoms with Crippen LogP contribution in [0.15, 0.2) is 60.8 Å². The number of ether oxygens (including phenoxy) is 2. The first-order valence-electron chi connectivity index (χ1n) is 14.8. The van der Waals surface area contributed by atoms with Gasteiger partial charge in [-0.25, -0.2) is 19.8 Å². The number of rotatable bonds is 12. The van der Waals surface area contributed by atoms with Crippen molar-refractivity contribution in [3.63, 3.8) is 0 Å². The second-order valence-corrected chi connectivity index (χ2v) is 12.0. The van der Waals surface area contributed by atoms with E-state index >= 15 is 4.39 Å². The van der Waals surface area contributed by atoms with Gasteiger partial charge in [0.2, 0.25) is 11.8 Å². The fourth-order valence-corrected chi connectivity index (χ4v) is 6.00. The van der Waals surface area contributed by atoms with Crippen molar-refractivity contribution >= 4 is 40.6 Å². The van der Waals surface area contributed by atoms with E-state index in [2.05, 4.69) is 21.0 Å². The third kappa shape index (κ3) is 6.80. The van der Waals surface area contributed by atoms with Crippen LogP contribution in [-0.4, -0.2) is 65.0 Å². The van der Waals surface area contributed by atoms with Crippen molar-refractivity contribution in [1.29, 1.82) is 0 Å². The highest BCUT2D eigenvalue weighted by Crippen LogP contribution is 2.42. The molecule has 2 aliphatic heterocycles. The molecule has 0 atom stereocenters. The number of hydrogen-bond acceptors (Lipinski definition) is 9. The first-order chi connectivity index (χ1) is 22.3. The molecule has 10 nitrogen and oxygen atoms in total. The highest BCUT2D eigenvalue weighted by atomic mass is 35.5. The Morgan fingerprint density at radius 1 is 1.02 bits per heavy atom. The first kappa shape index (κ1) is 32.1. The largest absolute Gasteiger partial charge is 0.481 e. The monoisotopic (exact) mass is 666 g/mol. The zero-order chi connectivity index (χ0) is 32.3. The number of hydrazine groups is 1. The molecule has 0 saturated carbocycles. The molecule has 240 valence electrons. The standard InChI is InChI=1S/C33H33Cl2FN6O4/c1-45-32-21(16-39-42-14-4-9-27(42)43)10-11-25(41-32)24-7-2-5-22(28(24)34)23-6-3-8-26(29(23)35)40-31-30(36)20(12-13-38-31)15-37-17-33(44)18-46-19-33/h2-3,5-8,10-13,37,39,44H,4,9,14-19H2,1H3,(H,38,40). The van der Waals surface area contributed by atoms with E-state index in [1.807, 2.05) is 36.4 Å². The SMILES string of the molecule is COc1nc(-c2cccc(-c3cccc(Nc4nccc(CNCC5(O)COC5)c4F)c3Cl)c2Cl)ccc1CNN1CCCC1=O. The molecule has 4 heterocycles. The minimum Gasteiger partial charge on any atom is -0.481 e. The van der Waals surface area contributed by atoms with E-state index < -0.39 is 11.4 Å². The van der Waals surface area contributed by atoms with E-state index in [0.717, 1.165) is 12.0 Å². The molecular formula is C33H33Cl2FN6O4. The van der Waals surface area contributed by atoms with E-state index in [1.165, 1.54) is 6.20 Å². The number of benzene rings is 2. The Labute approximate surface area is 275 Å². The zero-order valence-corrected chi connectivity index (χ0v) is 26.6. The van der Waals surface area contributed by atoms with Gasteiger partial charge in [0.1, 0.15) is 5.60 Å². The highest BCUT2D eigenvalue weighted by molar-refractivity contribution is 6.39. The maximum absolute atomic E-state index is 15.4. The summed E-state index contributed by atoms with van der Waals surface area (Å²) in [5, 5.41) is 18.7. The van der Waals surface area contributed by atoms with Gasteiger partial charge in [0.05, 0.1) is 41.8 Å². The third-order valence-electron chi connectivity index (χ3n) is 7.96. The normalized spacial score (nSPS) is 15.6. The summed E-state index contributed by atoms with van der Waals surface area (Å²) in [6.45, 7) is 2.06. The molecular weight excluding hydrogens is 634 g/mol. The lowest BCUT2D eigenvalue weighted by Gasteiger charge is -2.36. The molecule has 4 aromatic rings. The summed E-state index contributed by atoms with van der Waals surface area (Å²) in [7, 11) is 1.55. The van der Waals surface area contributed by atoms with Gasteiger partial charge in [0.15, 0.2) is 11.6 Å². The van der Waals surface area contributed by atoms with Crippen LogP contribution in [-0.2, 0) is 22.6 Å². The maximum atomic E-state index is 15.4. The second kappa shape index (κ2) is 13.9. The molecule has 46 heavy (non-hydrogen) atoms. The average molecular weight is 668 g/mol. The molecule has 0 spiro atoms. The Morgan fingerprint density at radius 2 is 1.78 bits per heavy atom. The molecule has 2 fully saturated rings. The molecule has 0 radical (unpaired) electrons. The molecule has 4 N–H and O–H groups in total. The number of nitrogens with one attached hydrogen (secondary N) is 3. The van der Waals surface area contributed by atoms with Crippen molar-refractivity contribution in [1.82, 2.24) is 25.7 Å². The van der Waals surface area contributed by atoms with Crippen LogP contribution >= 0.6 is 23.2 Å². The second-order valence-electron chi connectivity index (χ2n) is 11.3. The van der Waals surface area contributed by atoms with Crippen LogP contribution in [0, 0.1) is 5.82 Å². The summed E-state index contributed by atoms with van der Waals surface area (Å²) < 4.78 is 26.0. The number of nitrogens with zero attached hydrogens (tertiary/aromatic N) is 3. The Kier molecular flexibility index (Phi) is 9.69. The molecule has 0 unspecified atom stereocenters. The summed E-state index contributed by atoms with van der Waals surface area (Å²) in [5.74, 6) is -0.0190. The number of anilines is 2. The summed E-state index contributed by atoms with van der Waals surface area (Å²) >= 11 is 13.9. The van der Waals surface area contributed by atoms with Crippen LogP contribution in [0.5, 0.6) is 5.88 Å². The Hall–Kier alpha value is -3.84. The zero-order valence-electron chi connectivity index (χ0n) is 25.1. The van der Waals surface area contributed by atoms with Crippen LogP contribution in [0.25, 0.3) is 22.4 Å². The Morgan fingerprint density at radius 3 is 2.50 bits per heavy atom. The lowest BCUT2D eigenvalue weighted by Crippen LogP contribution is -2.56. The van der Waals surface area contributed by atoms with Crippen molar-refractivity contribution in [2.45, 2.75) is 31.5 Å². The maximum Gasteiger partial charge on any atom is 0.236 e. The number of carbonyl (C=O) groups excluding carboxylic acids is 1. The van der Waals surface area contributed by atoms with Gasteiger partial charge in [-0.2, -0.15) is 0 Å². The lowest BCUT2D eigenvalue weighted by molar-refractivity contribution is -0.174. The van der Waals surface area contributed by atoms with E-state index in [1.54, 1.807) is 30.3 Å². The van der Waals surface area contributed by atoms with E-state index in [4.69, 9.17) is 37.7 Å². The van der Waals surface area contributed by atoms with Crippen LogP contribution < -0.4 is 20.8 Å². The number of amides is 1. The summed E-state index contributed by atoms with van der Waals surface area (Å²) in [6, 6.07) is 16.3. The Bertz CT molecular complexity index is 1760. The molecule has 2 aromatic heterocycles. The van der Waals surface area contributed by atoms with Gasteiger partial charge < -0.3 is 25.2 Å². The number of aliphatic hydroxyl groups is 1. The average Bonchev–Trinajstić information content (AvgIpc) is 3.46. The van der Waals surface area contributed by atoms with Crippen molar-refractivity contribution < 1.29 is 23.8 Å². The molecule has 1 amide bonds. The topological polar surface area (TPSA) is 121 Å². The van der Waals surface area contributed by atoms with Gasteiger partial charge in [-0.05, 0) is 24.6 Å². The molecule has 13 heteroatoms. The predicted molar refractivity (Wildman–Crippen MR) is 174 cm³/mol. The number of aromatic nitrogens is 2. The number of hydrogen-bond donors (Lipinski definition) is 4. The molecule has 6 rings (SSSR count). The van der Waals surface area contributed by atoms with E-state index in [9.17, 15) is 9.90 Å². The smallest absolute Gasteiger partial charge is 0.236 e. The van der Waals surface area contributed by atoms with Gasteiger partial charge in [0.25, 0.3) is 0 Å². The van der Waals surface area contributed by atoms with E-state index in [0.29, 0.717) is 69.1 Å². The van der Waals surface area contributed by atoms with Gasteiger partial charge in [-0.1, -0.05) is 59.6 Å². The van der Waals surface area contributed by atoms with Crippen LogP contribution in [0.1, 0.15) is 24.0 Å². The van der Waals surface area contributed by atoms with Crippen LogP contribution in [0.2, 0.25) is 10.0 Å². The molecule has 2 aromatic carbocycles. The summed E-state index contributed by atoms with van der Waals surface area (Å²) in [4.78, 5) is 20.9. The minimum absolute atomic E-state index is 0.0175. The predicted octanol–water partition coefficient (Wildman–Crippen LogP) is 5.49. The van der Waals surface area contributed by atoms with Crippen LogP contribution in [0.4, 0.5) is 15.9 Å². The number of methoxy groups -OCH3 is 1. The van der Waals surface area contributed by atoms with Gasteiger partial charge in [0, 0.05) is 66.6 Å². The molecule has 2 aliphatic rings. The van der Waals surface area contributed by atoms with Gasteiger partial charge in [-0.3, -0.25) is 9.80 Å². The number of halogens is 3. The van der Waals surface area contributed by atoms with Gasteiger partial charge in [-0.15, -0.1) is 0 Å². The quantitative estimate of drug-likeness (QED) is 0.156. The Balaban J connectivity index is 1.21. The first-order valence-corrected chi connectivity index (χ1v) is 15.6. The lowest BCUT2D eigenvalue weighted by atomic mass is 10.00. The summed E-state index contributed by atoms with van der Waals surface area (Å²) in [6.07, 6.45) is 2.89.